The van der Waals surface area contributed by atoms with Crippen LogP contribution in [0.25, 0.3) is 0 Å². The lowest BCUT2D eigenvalue weighted by atomic mass is 9.99. The summed E-state index contributed by atoms with van der Waals surface area (Å²) >= 11 is 6.18. The molecule has 0 radical (unpaired) electrons. The first kappa shape index (κ1) is 14.1. The summed E-state index contributed by atoms with van der Waals surface area (Å²) in [5.41, 5.74) is 12.2. The Kier molecular flexibility index (Phi) is 5.55. The lowest BCUT2D eigenvalue weighted by Crippen LogP contribution is -2.25. The van der Waals surface area contributed by atoms with Crippen molar-refractivity contribution in [2.45, 2.75) is 6.42 Å². The first-order chi connectivity index (χ1) is 8.15. The van der Waals surface area contributed by atoms with Crippen molar-refractivity contribution in [2.24, 2.45) is 17.4 Å². The van der Waals surface area contributed by atoms with Crippen LogP contribution in [0.2, 0.25) is 5.02 Å². The Morgan fingerprint density at radius 1 is 1.12 bits per heavy atom. The van der Waals surface area contributed by atoms with Crippen LogP contribution in [0.4, 0.5) is 0 Å². The Morgan fingerprint density at radius 2 is 1.65 bits per heavy atom. The van der Waals surface area contributed by atoms with E-state index in [0.29, 0.717) is 29.6 Å². The molecule has 0 amide bonds. The second-order valence-corrected chi connectivity index (χ2v) is 4.25. The predicted molar refractivity (Wildman–Crippen MR) is 69.9 cm³/mol. The van der Waals surface area contributed by atoms with Crippen molar-refractivity contribution < 1.29 is 9.47 Å². The quantitative estimate of drug-likeness (QED) is 0.810. The van der Waals surface area contributed by atoms with Crippen molar-refractivity contribution in [3.8, 4) is 11.5 Å². The van der Waals surface area contributed by atoms with E-state index >= 15 is 0 Å². The van der Waals surface area contributed by atoms with Gasteiger partial charge in [0.2, 0.25) is 0 Å². The normalized spacial score (nSPS) is 10.7. The molecule has 0 spiro atoms. The van der Waals surface area contributed by atoms with Gasteiger partial charge in [0.05, 0.1) is 14.2 Å². The predicted octanol–water partition coefficient (Wildman–Crippen LogP) is 1.43. The van der Waals surface area contributed by atoms with Crippen LogP contribution in [0.15, 0.2) is 12.1 Å². The zero-order valence-corrected chi connectivity index (χ0v) is 11.0. The molecule has 1 aromatic rings. The first-order valence-electron chi connectivity index (χ1n) is 5.46. The van der Waals surface area contributed by atoms with Crippen molar-refractivity contribution in [2.75, 3.05) is 27.3 Å². The molecule has 0 fully saturated rings. The topological polar surface area (TPSA) is 70.5 Å². The monoisotopic (exact) mass is 258 g/mol. The second kappa shape index (κ2) is 6.69. The van der Waals surface area contributed by atoms with Gasteiger partial charge in [-0.25, -0.2) is 0 Å². The highest BCUT2D eigenvalue weighted by molar-refractivity contribution is 6.31. The van der Waals surface area contributed by atoms with Crippen LogP contribution in [0.3, 0.4) is 0 Å². The maximum absolute atomic E-state index is 6.18. The van der Waals surface area contributed by atoms with Crippen molar-refractivity contribution in [3.05, 3.63) is 22.7 Å². The maximum atomic E-state index is 6.18. The SMILES string of the molecule is COc1cc(Cl)c(CC(CN)CN)cc1OC. The summed E-state index contributed by atoms with van der Waals surface area (Å²) in [4.78, 5) is 0. The van der Waals surface area contributed by atoms with Gasteiger partial charge in [-0.2, -0.15) is 0 Å². The van der Waals surface area contributed by atoms with Gasteiger partial charge in [-0.05, 0) is 37.1 Å². The molecule has 4 N–H and O–H groups in total. The zero-order valence-electron chi connectivity index (χ0n) is 10.2. The van der Waals surface area contributed by atoms with Gasteiger partial charge in [-0.15, -0.1) is 0 Å². The van der Waals surface area contributed by atoms with Crippen LogP contribution in [0.5, 0.6) is 11.5 Å². The minimum absolute atomic E-state index is 0.227. The van der Waals surface area contributed by atoms with Crippen molar-refractivity contribution >= 4 is 11.6 Å². The molecule has 0 unspecified atom stereocenters. The molecule has 0 bridgehead atoms. The molecule has 4 nitrogen and oxygen atoms in total. The molecular formula is C12H19ClN2O2. The Bertz CT molecular complexity index is 368. The van der Waals surface area contributed by atoms with E-state index in [-0.39, 0.29) is 5.92 Å². The largest absolute Gasteiger partial charge is 0.493 e. The maximum Gasteiger partial charge on any atom is 0.162 e. The molecule has 0 atom stereocenters. The molecule has 0 saturated carbocycles. The molecule has 5 heteroatoms. The summed E-state index contributed by atoms with van der Waals surface area (Å²) in [6.45, 7) is 1.09. The molecule has 0 saturated heterocycles. The van der Waals surface area contributed by atoms with Crippen LogP contribution in [-0.2, 0) is 6.42 Å². The fourth-order valence-electron chi connectivity index (χ4n) is 1.63. The lowest BCUT2D eigenvalue weighted by molar-refractivity contribution is 0.354. The van der Waals surface area contributed by atoms with E-state index in [4.69, 9.17) is 32.5 Å². The molecule has 0 aromatic heterocycles. The minimum Gasteiger partial charge on any atom is -0.493 e. The van der Waals surface area contributed by atoms with E-state index < -0.39 is 0 Å². The summed E-state index contributed by atoms with van der Waals surface area (Å²) in [5, 5.41) is 0.648. The molecule has 17 heavy (non-hydrogen) atoms. The highest BCUT2D eigenvalue weighted by Gasteiger charge is 2.13. The highest BCUT2D eigenvalue weighted by Crippen LogP contribution is 2.33. The standard InChI is InChI=1S/C12H19ClN2O2/c1-16-11-4-9(3-8(6-14)7-15)10(13)5-12(11)17-2/h4-5,8H,3,6-7,14-15H2,1-2H3. The summed E-state index contributed by atoms with van der Waals surface area (Å²) in [5.74, 6) is 1.52. The second-order valence-electron chi connectivity index (χ2n) is 3.84. The number of hydrogen-bond acceptors (Lipinski definition) is 4. The van der Waals surface area contributed by atoms with Crippen LogP contribution in [-0.4, -0.2) is 27.3 Å². The zero-order chi connectivity index (χ0) is 12.8. The Balaban J connectivity index is 2.99. The molecule has 0 aliphatic rings. The average molecular weight is 259 g/mol. The Hall–Kier alpha value is -0.970. The van der Waals surface area contributed by atoms with E-state index in [1.165, 1.54) is 0 Å². The van der Waals surface area contributed by atoms with Crippen molar-refractivity contribution in [1.29, 1.82) is 0 Å². The van der Waals surface area contributed by atoms with Gasteiger partial charge in [0, 0.05) is 11.1 Å². The molecule has 0 aliphatic heterocycles. The molecular weight excluding hydrogens is 240 g/mol. The number of hydrogen-bond donors (Lipinski definition) is 2. The molecule has 0 heterocycles. The lowest BCUT2D eigenvalue weighted by Gasteiger charge is -2.15. The summed E-state index contributed by atoms with van der Waals surface area (Å²) in [7, 11) is 3.18. The fourth-order valence-corrected chi connectivity index (χ4v) is 1.86. The third-order valence-electron chi connectivity index (χ3n) is 2.73. The van der Waals surface area contributed by atoms with Gasteiger partial charge in [-0.1, -0.05) is 11.6 Å². The van der Waals surface area contributed by atoms with Gasteiger partial charge in [0.15, 0.2) is 11.5 Å². The van der Waals surface area contributed by atoms with Crippen LogP contribution in [0.1, 0.15) is 5.56 Å². The van der Waals surface area contributed by atoms with E-state index in [9.17, 15) is 0 Å². The van der Waals surface area contributed by atoms with E-state index in [0.717, 1.165) is 12.0 Å². The summed E-state index contributed by atoms with van der Waals surface area (Å²) in [6, 6.07) is 3.62. The van der Waals surface area contributed by atoms with Gasteiger partial charge >= 0.3 is 0 Å². The smallest absolute Gasteiger partial charge is 0.162 e. The molecule has 96 valence electrons. The molecule has 1 rings (SSSR count). The molecule has 0 aliphatic carbocycles. The summed E-state index contributed by atoms with van der Waals surface area (Å²) < 4.78 is 10.4. The number of ether oxygens (including phenoxy) is 2. The number of nitrogens with two attached hydrogens (primary N) is 2. The number of methoxy groups -OCH3 is 2. The molecule has 1 aromatic carbocycles. The van der Waals surface area contributed by atoms with Gasteiger partial charge in [0.25, 0.3) is 0 Å². The van der Waals surface area contributed by atoms with E-state index in [1.54, 1.807) is 20.3 Å². The summed E-state index contributed by atoms with van der Waals surface area (Å²) in [6.07, 6.45) is 0.742. The minimum atomic E-state index is 0.227. The Labute approximate surface area is 107 Å². The van der Waals surface area contributed by atoms with E-state index in [1.807, 2.05) is 6.07 Å². The van der Waals surface area contributed by atoms with E-state index in [2.05, 4.69) is 0 Å². The van der Waals surface area contributed by atoms with Gasteiger partial charge in [0.1, 0.15) is 0 Å². The fraction of sp³-hybridized carbons (Fsp3) is 0.500. The third kappa shape index (κ3) is 3.49. The van der Waals surface area contributed by atoms with Crippen LogP contribution >= 0.6 is 11.6 Å². The first-order valence-corrected chi connectivity index (χ1v) is 5.84. The van der Waals surface area contributed by atoms with Crippen LogP contribution in [0, 0.1) is 5.92 Å². The van der Waals surface area contributed by atoms with Crippen LogP contribution < -0.4 is 20.9 Å². The number of halogens is 1. The van der Waals surface area contributed by atoms with Crippen molar-refractivity contribution in [3.63, 3.8) is 0 Å². The Morgan fingerprint density at radius 3 is 2.12 bits per heavy atom. The number of benzene rings is 1. The van der Waals surface area contributed by atoms with Gasteiger partial charge in [-0.3, -0.25) is 0 Å². The third-order valence-corrected chi connectivity index (χ3v) is 3.08. The highest BCUT2D eigenvalue weighted by atomic mass is 35.5. The van der Waals surface area contributed by atoms with Crippen molar-refractivity contribution in [1.82, 2.24) is 0 Å². The van der Waals surface area contributed by atoms with Gasteiger partial charge < -0.3 is 20.9 Å². The number of rotatable bonds is 6. The average Bonchev–Trinajstić information content (AvgIpc) is 2.36.